The second-order valence-corrected chi connectivity index (χ2v) is 6.86. The van der Waals surface area contributed by atoms with Crippen molar-refractivity contribution in [2.75, 3.05) is 19.7 Å². The van der Waals surface area contributed by atoms with Crippen molar-refractivity contribution >= 4 is 11.9 Å². The number of carbonyl (C=O) groups is 2. The molecule has 1 amide bonds. The molecule has 1 N–H and O–H groups in total. The van der Waals surface area contributed by atoms with E-state index in [9.17, 15) is 14.7 Å². The predicted molar refractivity (Wildman–Crippen MR) is 103 cm³/mol. The van der Waals surface area contributed by atoms with Gasteiger partial charge in [0.2, 0.25) is 0 Å². The molecule has 1 aliphatic rings. The van der Waals surface area contributed by atoms with Crippen LogP contribution in [0.15, 0.2) is 48.5 Å². The number of phenolic OH excluding ortho intramolecular Hbond substituents is 1. The number of amides is 1. The minimum atomic E-state index is -0.294. The van der Waals surface area contributed by atoms with Crippen molar-refractivity contribution < 1.29 is 19.4 Å². The van der Waals surface area contributed by atoms with E-state index in [1.165, 1.54) is 0 Å². The van der Waals surface area contributed by atoms with Crippen LogP contribution in [-0.2, 0) is 16.0 Å². The first-order valence-corrected chi connectivity index (χ1v) is 9.40. The average Bonchev–Trinajstić information content (AvgIpc) is 2.70. The van der Waals surface area contributed by atoms with Crippen LogP contribution in [0.3, 0.4) is 0 Å². The summed E-state index contributed by atoms with van der Waals surface area (Å²) in [5.41, 5.74) is 2.39. The molecule has 3 rings (SSSR count). The molecule has 0 aromatic heterocycles. The highest BCUT2D eigenvalue weighted by molar-refractivity contribution is 5.97. The van der Waals surface area contributed by atoms with E-state index in [1.54, 1.807) is 24.0 Å². The molecule has 0 radical (unpaired) electrons. The molecule has 2 aromatic carbocycles. The topological polar surface area (TPSA) is 66.8 Å². The fourth-order valence-corrected chi connectivity index (χ4v) is 3.48. The summed E-state index contributed by atoms with van der Waals surface area (Å²) in [7, 11) is 0. The summed E-state index contributed by atoms with van der Waals surface area (Å²) < 4.78 is 5.10. The Kier molecular flexibility index (Phi) is 6.12. The molecule has 0 aliphatic carbocycles. The molecule has 5 heteroatoms. The number of ether oxygens (including phenoxy) is 1. The van der Waals surface area contributed by atoms with Crippen LogP contribution in [0.2, 0.25) is 0 Å². The van der Waals surface area contributed by atoms with Gasteiger partial charge in [-0.1, -0.05) is 36.4 Å². The Morgan fingerprint density at radius 3 is 2.67 bits per heavy atom. The van der Waals surface area contributed by atoms with E-state index in [1.807, 2.05) is 36.4 Å². The van der Waals surface area contributed by atoms with Crippen LogP contribution in [0.5, 0.6) is 5.75 Å². The minimum Gasteiger partial charge on any atom is -0.507 e. The van der Waals surface area contributed by atoms with Crippen LogP contribution in [0.25, 0.3) is 0 Å². The Bertz CT molecular complexity index is 803. The Labute approximate surface area is 159 Å². The third kappa shape index (κ3) is 4.67. The second kappa shape index (κ2) is 8.71. The number of nitrogens with zero attached hydrogens (tertiary/aromatic N) is 1. The number of phenols is 1. The lowest BCUT2D eigenvalue weighted by molar-refractivity contribution is -0.149. The molecule has 2 aromatic rings. The number of benzene rings is 2. The second-order valence-electron chi connectivity index (χ2n) is 6.86. The molecule has 1 unspecified atom stereocenters. The summed E-state index contributed by atoms with van der Waals surface area (Å²) in [6.45, 7) is 3.03. The molecular weight excluding hydrogens is 342 g/mol. The Hall–Kier alpha value is -2.82. The lowest BCUT2D eigenvalue weighted by Crippen LogP contribution is -2.42. The van der Waals surface area contributed by atoms with E-state index in [0.29, 0.717) is 26.1 Å². The highest BCUT2D eigenvalue weighted by atomic mass is 16.5. The van der Waals surface area contributed by atoms with E-state index < -0.39 is 0 Å². The monoisotopic (exact) mass is 367 g/mol. The zero-order valence-electron chi connectivity index (χ0n) is 15.6. The van der Waals surface area contributed by atoms with Crippen LogP contribution < -0.4 is 0 Å². The molecule has 0 saturated carbocycles. The molecule has 5 nitrogen and oxygen atoms in total. The molecule has 0 spiro atoms. The van der Waals surface area contributed by atoms with Crippen molar-refractivity contribution in [2.24, 2.45) is 5.92 Å². The van der Waals surface area contributed by atoms with Crippen LogP contribution in [0.4, 0.5) is 0 Å². The molecule has 1 heterocycles. The quantitative estimate of drug-likeness (QED) is 0.823. The highest BCUT2D eigenvalue weighted by Crippen LogP contribution is 2.25. The Balaban J connectivity index is 1.75. The van der Waals surface area contributed by atoms with Crippen LogP contribution in [0.1, 0.15) is 41.3 Å². The van der Waals surface area contributed by atoms with E-state index in [-0.39, 0.29) is 29.1 Å². The standard InChI is InChI=1S/C22H25NO4/c1-2-27-22(26)18-9-6-12-23(15-18)21(25)19-14-17(10-11-20(19)24)13-16-7-4-3-5-8-16/h3-5,7-8,10-11,14,18,24H,2,6,9,12-13,15H2,1H3. The maximum atomic E-state index is 13.0. The van der Waals surface area contributed by atoms with Gasteiger partial charge in [0, 0.05) is 13.1 Å². The van der Waals surface area contributed by atoms with Gasteiger partial charge in [0.1, 0.15) is 5.75 Å². The normalized spacial score (nSPS) is 16.8. The summed E-state index contributed by atoms with van der Waals surface area (Å²) in [6, 6.07) is 15.1. The van der Waals surface area contributed by atoms with Crippen LogP contribution in [0, 0.1) is 5.92 Å². The molecule has 27 heavy (non-hydrogen) atoms. The highest BCUT2D eigenvalue weighted by Gasteiger charge is 2.30. The van der Waals surface area contributed by atoms with E-state index in [4.69, 9.17) is 4.74 Å². The number of hydrogen-bond donors (Lipinski definition) is 1. The Morgan fingerprint density at radius 2 is 1.93 bits per heavy atom. The van der Waals surface area contributed by atoms with Crippen molar-refractivity contribution in [1.82, 2.24) is 4.90 Å². The molecule has 142 valence electrons. The van der Waals surface area contributed by atoms with Crippen molar-refractivity contribution in [3.63, 3.8) is 0 Å². The first-order chi connectivity index (χ1) is 13.1. The van der Waals surface area contributed by atoms with Crippen molar-refractivity contribution in [3.05, 3.63) is 65.2 Å². The molecule has 1 fully saturated rings. The van der Waals surface area contributed by atoms with Crippen molar-refractivity contribution in [1.29, 1.82) is 0 Å². The molecule has 0 bridgehead atoms. The number of esters is 1. The van der Waals surface area contributed by atoms with Gasteiger partial charge < -0.3 is 14.7 Å². The SMILES string of the molecule is CCOC(=O)C1CCCN(C(=O)c2cc(Cc3ccccc3)ccc2O)C1. The summed E-state index contributed by atoms with van der Waals surface area (Å²) in [6.07, 6.45) is 2.16. The third-order valence-electron chi connectivity index (χ3n) is 4.87. The number of hydrogen-bond acceptors (Lipinski definition) is 4. The van der Waals surface area contributed by atoms with Gasteiger partial charge in [-0.15, -0.1) is 0 Å². The first-order valence-electron chi connectivity index (χ1n) is 9.40. The van der Waals surface area contributed by atoms with Gasteiger partial charge in [0.05, 0.1) is 18.1 Å². The third-order valence-corrected chi connectivity index (χ3v) is 4.87. The maximum absolute atomic E-state index is 13.0. The van der Waals surface area contributed by atoms with Gasteiger partial charge in [-0.25, -0.2) is 0 Å². The van der Waals surface area contributed by atoms with E-state index in [2.05, 4.69) is 0 Å². The molecule has 1 aliphatic heterocycles. The number of rotatable bonds is 5. The summed E-state index contributed by atoms with van der Waals surface area (Å²) >= 11 is 0. The van der Waals surface area contributed by atoms with Gasteiger partial charge in [-0.05, 0) is 49.4 Å². The molecule has 1 saturated heterocycles. The van der Waals surface area contributed by atoms with Crippen LogP contribution >= 0.6 is 0 Å². The van der Waals surface area contributed by atoms with Crippen molar-refractivity contribution in [2.45, 2.75) is 26.2 Å². The zero-order valence-corrected chi connectivity index (χ0v) is 15.6. The fourth-order valence-electron chi connectivity index (χ4n) is 3.48. The smallest absolute Gasteiger partial charge is 0.310 e. The van der Waals surface area contributed by atoms with E-state index in [0.717, 1.165) is 24.0 Å². The summed E-state index contributed by atoms with van der Waals surface area (Å²) in [5, 5.41) is 10.2. The average molecular weight is 367 g/mol. The number of aromatic hydroxyl groups is 1. The lowest BCUT2D eigenvalue weighted by atomic mass is 9.96. The van der Waals surface area contributed by atoms with Gasteiger partial charge in [-0.3, -0.25) is 9.59 Å². The van der Waals surface area contributed by atoms with Gasteiger partial charge in [-0.2, -0.15) is 0 Å². The number of likely N-dealkylation sites (tertiary alicyclic amines) is 1. The Morgan fingerprint density at radius 1 is 1.15 bits per heavy atom. The fraction of sp³-hybridized carbons (Fsp3) is 0.364. The molecular formula is C22H25NO4. The lowest BCUT2D eigenvalue weighted by Gasteiger charge is -2.31. The summed E-state index contributed by atoms with van der Waals surface area (Å²) in [5.74, 6) is -0.819. The zero-order chi connectivity index (χ0) is 19.2. The number of piperidine rings is 1. The van der Waals surface area contributed by atoms with Crippen LogP contribution in [-0.4, -0.2) is 41.6 Å². The van der Waals surface area contributed by atoms with Gasteiger partial charge >= 0.3 is 5.97 Å². The van der Waals surface area contributed by atoms with Crippen molar-refractivity contribution in [3.8, 4) is 5.75 Å². The molecule has 1 atom stereocenters. The maximum Gasteiger partial charge on any atom is 0.310 e. The predicted octanol–water partition coefficient (Wildman–Crippen LogP) is 3.40. The van der Waals surface area contributed by atoms with E-state index >= 15 is 0 Å². The minimum absolute atomic E-state index is 0.0323. The first kappa shape index (κ1) is 19.0. The van der Waals surface area contributed by atoms with Gasteiger partial charge in [0.15, 0.2) is 0 Å². The largest absolute Gasteiger partial charge is 0.507 e. The van der Waals surface area contributed by atoms with Gasteiger partial charge in [0.25, 0.3) is 5.91 Å². The number of carbonyl (C=O) groups excluding carboxylic acids is 2. The summed E-state index contributed by atoms with van der Waals surface area (Å²) in [4.78, 5) is 26.6.